The number of phenolic OH excluding ortho intramolecular Hbond substituents is 1. The zero-order valence-electron chi connectivity index (χ0n) is 27.6. The number of aromatic hydroxyl groups is 1. The molecular formula is C38H33Cl2F3N4O5. The van der Waals surface area contributed by atoms with Crippen LogP contribution in [0.3, 0.4) is 0 Å². The molecule has 3 heterocycles. The van der Waals surface area contributed by atoms with Crippen molar-refractivity contribution in [1.82, 2.24) is 14.9 Å². The van der Waals surface area contributed by atoms with E-state index in [1.54, 1.807) is 36.4 Å². The van der Waals surface area contributed by atoms with Crippen LogP contribution in [0.15, 0.2) is 72.4 Å². The largest absolute Gasteiger partial charge is 0.508 e. The summed E-state index contributed by atoms with van der Waals surface area (Å²) < 4.78 is 40.3. The number of alkyl halides is 3. The van der Waals surface area contributed by atoms with Crippen molar-refractivity contribution in [1.29, 1.82) is 0 Å². The van der Waals surface area contributed by atoms with Crippen molar-refractivity contribution >= 4 is 52.6 Å². The molecule has 2 saturated carbocycles. The zero-order valence-corrected chi connectivity index (χ0v) is 29.1. The number of halogens is 5. The van der Waals surface area contributed by atoms with Gasteiger partial charge in [-0.15, -0.1) is 0 Å². The second-order valence-electron chi connectivity index (χ2n) is 14.3. The zero-order chi connectivity index (χ0) is 36.7. The molecule has 14 heteroatoms. The summed E-state index contributed by atoms with van der Waals surface area (Å²) in [7, 11) is 0. The number of hydrazine groups is 1. The van der Waals surface area contributed by atoms with Gasteiger partial charge < -0.3 is 5.11 Å². The predicted octanol–water partition coefficient (Wildman–Crippen LogP) is 7.43. The molecule has 2 saturated heterocycles. The molecule has 0 radical (unpaired) electrons. The van der Waals surface area contributed by atoms with Gasteiger partial charge in [-0.3, -0.25) is 29.5 Å². The summed E-state index contributed by atoms with van der Waals surface area (Å²) in [6.45, 7) is 0. The van der Waals surface area contributed by atoms with E-state index in [4.69, 9.17) is 23.2 Å². The molecular weight excluding hydrogens is 720 g/mol. The fourth-order valence-corrected chi connectivity index (χ4v) is 9.88. The number of imide groups is 2. The van der Waals surface area contributed by atoms with Crippen LogP contribution in [0.5, 0.6) is 5.75 Å². The first kappa shape index (κ1) is 34.7. The van der Waals surface area contributed by atoms with E-state index in [-0.39, 0.29) is 42.3 Å². The number of likely N-dealkylation sites (tertiary alicyclic amines) is 1. The molecule has 4 amide bonds. The second-order valence-corrected chi connectivity index (χ2v) is 15.2. The van der Waals surface area contributed by atoms with Crippen molar-refractivity contribution in [2.75, 3.05) is 5.43 Å². The normalized spacial score (nSPS) is 29.2. The van der Waals surface area contributed by atoms with Gasteiger partial charge in [0.05, 0.1) is 33.8 Å². The number of pyridine rings is 1. The molecule has 6 atom stereocenters. The Morgan fingerprint density at radius 1 is 0.885 bits per heavy atom. The van der Waals surface area contributed by atoms with Crippen LogP contribution >= 0.6 is 23.2 Å². The summed E-state index contributed by atoms with van der Waals surface area (Å²) in [6, 6.07) is 13.3. The Morgan fingerprint density at radius 3 is 2.23 bits per heavy atom. The number of anilines is 1. The van der Waals surface area contributed by atoms with E-state index >= 15 is 4.79 Å². The molecule has 2 aliphatic heterocycles. The Hall–Kier alpha value is -4.42. The molecule has 2 aromatic carbocycles. The third-order valence-corrected chi connectivity index (χ3v) is 12.3. The number of phenols is 1. The first-order valence-corrected chi connectivity index (χ1v) is 18.1. The average molecular weight is 754 g/mol. The molecule has 3 aromatic rings. The highest BCUT2D eigenvalue weighted by Gasteiger charge is 2.70. The van der Waals surface area contributed by atoms with Crippen LogP contribution in [0.25, 0.3) is 0 Å². The van der Waals surface area contributed by atoms with Crippen molar-refractivity contribution in [2.24, 2.45) is 23.7 Å². The molecule has 0 bridgehead atoms. The van der Waals surface area contributed by atoms with Gasteiger partial charge in [0, 0.05) is 23.2 Å². The van der Waals surface area contributed by atoms with E-state index < -0.39 is 63.6 Å². The summed E-state index contributed by atoms with van der Waals surface area (Å²) in [6.07, 6.45) is 2.47. The van der Waals surface area contributed by atoms with Crippen LogP contribution in [0.4, 0.5) is 19.0 Å². The highest BCUT2D eigenvalue weighted by atomic mass is 35.5. The van der Waals surface area contributed by atoms with Crippen molar-refractivity contribution < 1.29 is 37.5 Å². The monoisotopic (exact) mass is 752 g/mol. The van der Waals surface area contributed by atoms with Crippen LogP contribution in [0, 0.1) is 23.7 Å². The lowest BCUT2D eigenvalue weighted by atomic mass is 9.49. The number of nitrogens with zero attached hydrogens (tertiary/aromatic N) is 3. The molecule has 4 fully saturated rings. The molecule has 8 rings (SSSR count). The number of hydrogen-bond acceptors (Lipinski definition) is 7. The lowest BCUT2D eigenvalue weighted by molar-refractivity contribution is -0.144. The van der Waals surface area contributed by atoms with Crippen molar-refractivity contribution in [3.63, 3.8) is 0 Å². The fourth-order valence-electron chi connectivity index (χ4n) is 9.55. The number of rotatable bonds is 5. The van der Waals surface area contributed by atoms with Crippen LogP contribution in [0.1, 0.15) is 67.6 Å². The summed E-state index contributed by atoms with van der Waals surface area (Å²) in [4.78, 5) is 63.6. The van der Waals surface area contributed by atoms with Crippen molar-refractivity contribution in [3.05, 3.63) is 99.2 Å². The van der Waals surface area contributed by atoms with Gasteiger partial charge in [-0.05, 0) is 73.1 Å². The maximum atomic E-state index is 15.2. The Kier molecular flexibility index (Phi) is 8.41. The molecule has 0 spiro atoms. The number of carbonyl (C=O) groups excluding carboxylic acids is 4. The summed E-state index contributed by atoms with van der Waals surface area (Å²) in [5.41, 5.74) is 1.65. The van der Waals surface area contributed by atoms with E-state index in [0.717, 1.165) is 42.7 Å². The van der Waals surface area contributed by atoms with E-state index in [1.165, 1.54) is 17.0 Å². The molecule has 270 valence electrons. The number of benzene rings is 2. The minimum Gasteiger partial charge on any atom is -0.508 e. The summed E-state index contributed by atoms with van der Waals surface area (Å²) >= 11 is 12.6. The summed E-state index contributed by atoms with van der Waals surface area (Å²) in [5, 5.41) is 11.0. The van der Waals surface area contributed by atoms with Gasteiger partial charge in [-0.25, -0.2) is 4.98 Å². The third kappa shape index (κ3) is 5.23. The average Bonchev–Trinajstić information content (AvgIpc) is 3.50. The van der Waals surface area contributed by atoms with Gasteiger partial charge in [-0.1, -0.05) is 78.4 Å². The minimum absolute atomic E-state index is 0.0225. The first-order chi connectivity index (χ1) is 24.8. The standard InChI is InChI=1S/C38H33Cl2F3N4O5/c39-22-10-8-20(9-11-22)37-28(34(50)47(36(37)52)45-32-29(40)16-21(18-44-32)38(41,42)43)17-27-25(31(37)19-6-12-24(48)13-7-19)14-15-26-30(27)35(51)46(33(26)49)23-4-2-1-3-5-23/h6-14,16,18,23,26-28,30-31,48H,1-5,15,17H2,(H,44,45)/t26-,27+,28-,30-,31-,37+/m0/s1. The Bertz CT molecular complexity index is 2020. The van der Waals surface area contributed by atoms with Gasteiger partial charge in [0.25, 0.3) is 11.8 Å². The number of carbonyl (C=O) groups is 4. The number of fused-ring (bicyclic) bond motifs is 4. The topological polar surface area (TPSA) is 120 Å². The van der Waals surface area contributed by atoms with Gasteiger partial charge in [0.15, 0.2) is 5.82 Å². The van der Waals surface area contributed by atoms with Crippen LogP contribution < -0.4 is 5.43 Å². The van der Waals surface area contributed by atoms with Crippen molar-refractivity contribution in [2.45, 2.75) is 68.5 Å². The maximum absolute atomic E-state index is 15.2. The van der Waals surface area contributed by atoms with E-state index in [2.05, 4.69) is 10.4 Å². The molecule has 3 aliphatic carbocycles. The van der Waals surface area contributed by atoms with E-state index in [9.17, 15) is 32.7 Å². The van der Waals surface area contributed by atoms with E-state index in [1.807, 2.05) is 6.08 Å². The summed E-state index contributed by atoms with van der Waals surface area (Å²) in [5.74, 6) is -6.11. The minimum atomic E-state index is -4.73. The van der Waals surface area contributed by atoms with Gasteiger partial charge in [0.1, 0.15) is 5.75 Å². The maximum Gasteiger partial charge on any atom is 0.417 e. The fraction of sp³-hybridized carbons (Fsp3) is 0.395. The lowest BCUT2D eigenvalue weighted by Crippen LogP contribution is -2.53. The first-order valence-electron chi connectivity index (χ1n) is 17.3. The van der Waals surface area contributed by atoms with Crippen LogP contribution in [-0.4, -0.2) is 49.7 Å². The highest BCUT2D eigenvalue weighted by molar-refractivity contribution is 6.33. The number of aromatic nitrogens is 1. The molecule has 1 aromatic heterocycles. The Labute approximate surface area is 306 Å². The lowest BCUT2D eigenvalue weighted by Gasteiger charge is -2.50. The molecule has 5 aliphatic rings. The highest BCUT2D eigenvalue weighted by Crippen LogP contribution is 2.64. The quantitative estimate of drug-likeness (QED) is 0.206. The number of nitrogens with one attached hydrogen (secondary N) is 1. The van der Waals surface area contributed by atoms with Gasteiger partial charge in [-0.2, -0.15) is 18.2 Å². The third-order valence-electron chi connectivity index (χ3n) is 11.8. The Balaban J connectivity index is 1.28. The van der Waals surface area contributed by atoms with E-state index in [0.29, 0.717) is 28.4 Å². The van der Waals surface area contributed by atoms with Crippen molar-refractivity contribution in [3.8, 4) is 5.75 Å². The Morgan fingerprint density at radius 2 is 1.58 bits per heavy atom. The second kappa shape index (κ2) is 12.6. The van der Waals surface area contributed by atoms with Gasteiger partial charge >= 0.3 is 6.18 Å². The predicted molar refractivity (Wildman–Crippen MR) is 184 cm³/mol. The number of allylic oxidation sites excluding steroid dienone is 2. The number of amides is 4. The van der Waals surface area contributed by atoms with Gasteiger partial charge in [0.2, 0.25) is 11.8 Å². The molecule has 2 N–H and O–H groups in total. The molecule has 9 nitrogen and oxygen atoms in total. The SMILES string of the molecule is O=C1[C@@H]2C[C@@H]3C(=CC[C@@H]4C(=O)N(C5CCCCC5)C(=O)[C@@H]43)[C@H](c3ccc(O)cc3)[C@]2(c2ccc(Cl)cc2)C(=O)N1Nc1ncc(C(F)(F)F)cc1Cl. The van der Waals surface area contributed by atoms with Crippen LogP contribution in [-0.2, 0) is 30.8 Å². The number of hydrogen-bond donors (Lipinski definition) is 2. The molecule has 0 unspecified atom stereocenters. The van der Waals surface area contributed by atoms with Crippen LogP contribution in [0.2, 0.25) is 10.0 Å². The molecule has 52 heavy (non-hydrogen) atoms. The smallest absolute Gasteiger partial charge is 0.417 e.